The number of nitrogens with zero attached hydrogens (tertiary/aromatic N) is 3. The van der Waals surface area contributed by atoms with Crippen molar-refractivity contribution in [1.29, 1.82) is 0 Å². The van der Waals surface area contributed by atoms with Crippen LogP contribution in [0.2, 0.25) is 0 Å². The highest BCUT2D eigenvalue weighted by Gasteiger charge is 2.37. The molecule has 2 bridgehead atoms. The maximum absolute atomic E-state index is 12.9. The quantitative estimate of drug-likeness (QED) is 0.818. The molecule has 0 spiro atoms. The molecule has 1 aromatic heterocycles. The maximum Gasteiger partial charge on any atom is 0.272 e. The van der Waals surface area contributed by atoms with E-state index in [0.29, 0.717) is 35.9 Å². The number of carbonyl (C=O) groups excluding carboxylic acids is 1. The van der Waals surface area contributed by atoms with Gasteiger partial charge in [-0.25, -0.2) is 0 Å². The Balaban J connectivity index is 1.75. The molecule has 2 aliphatic carbocycles. The van der Waals surface area contributed by atoms with Crippen molar-refractivity contribution >= 4 is 5.91 Å². The lowest BCUT2D eigenvalue weighted by atomic mass is 9.93. The van der Waals surface area contributed by atoms with Crippen LogP contribution >= 0.6 is 0 Å². The fraction of sp³-hybridized carbons (Fsp3) is 0.667. The van der Waals surface area contributed by atoms with Crippen LogP contribution in [0.15, 0.2) is 18.2 Å². The molecule has 126 valence electrons. The minimum absolute atomic E-state index is 0.00269. The molecule has 1 heterocycles. The minimum atomic E-state index is -0.0206. The van der Waals surface area contributed by atoms with Crippen molar-refractivity contribution in [2.24, 2.45) is 24.8 Å². The molecule has 0 aliphatic heterocycles. The SMILES string of the molecule is CC(C)c1cc(C(=O)N(CCO)CC2CC3C=CC2C3)n(C)n1. The second-order valence-electron chi connectivity index (χ2n) is 7.25. The first kappa shape index (κ1) is 16.2. The molecule has 3 unspecified atom stereocenters. The van der Waals surface area contributed by atoms with E-state index in [0.717, 1.165) is 12.2 Å². The molecule has 1 aromatic rings. The molecule has 5 heteroatoms. The molecule has 3 atom stereocenters. The van der Waals surface area contributed by atoms with Crippen LogP contribution in [0.5, 0.6) is 0 Å². The number of hydrogen-bond donors (Lipinski definition) is 1. The van der Waals surface area contributed by atoms with Gasteiger partial charge >= 0.3 is 0 Å². The first-order valence-corrected chi connectivity index (χ1v) is 8.62. The maximum atomic E-state index is 12.9. The van der Waals surface area contributed by atoms with E-state index >= 15 is 0 Å². The van der Waals surface area contributed by atoms with Crippen molar-refractivity contribution in [2.45, 2.75) is 32.6 Å². The number of aliphatic hydroxyl groups excluding tert-OH is 1. The van der Waals surface area contributed by atoms with Gasteiger partial charge in [0.15, 0.2) is 0 Å². The van der Waals surface area contributed by atoms with Gasteiger partial charge in [0, 0.05) is 20.1 Å². The van der Waals surface area contributed by atoms with Gasteiger partial charge in [0.1, 0.15) is 5.69 Å². The van der Waals surface area contributed by atoms with Crippen LogP contribution in [0.1, 0.15) is 48.8 Å². The van der Waals surface area contributed by atoms with Crippen LogP contribution < -0.4 is 0 Å². The standard InChI is InChI=1S/C18H27N3O2/c1-12(2)16-10-17(20(3)19-16)18(23)21(6-7-22)11-15-9-13-4-5-14(15)8-13/h4-5,10,12-15,22H,6-9,11H2,1-3H3. The molecule has 1 amide bonds. The highest BCUT2D eigenvalue weighted by atomic mass is 16.3. The van der Waals surface area contributed by atoms with Crippen molar-refractivity contribution in [3.8, 4) is 0 Å². The van der Waals surface area contributed by atoms with E-state index in [9.17, 15) is 9.90 Å². The Morgan fingerprint density at radius 1 is 1.43 bits per heavy atom. The molecule has 3 rings (SSSR count). The van der Waals surface area contributed by atoms with Gasteiger partial charge in [0.05, 0.1) is 12.3 Å². The summed E-state index contributed by atoms with van der Waals surface area (Å²) in [6.07, 6.45) is 7.02. The van der Waals surface area contributed by atoms with Crippen LogP contribution in [0.3, 0.4) is 0 Å². The van der Waals surface area contributed by atoms with Crippen LogP contribution in [-0.4, -0.2) is 45.4 Å². The zero-order valence-corrected chi connectivity index (χ0v) is 14.3. The summed E-state index contributed by atoms with van der Waals surface area (Å²) in [4.78, 5) is 14.7. The molecule has 1 fully saturated rings. The molecule has 5 nitrogen and oxygen atoms in total. The highest BCUT2D eigenvalue weighted by Crippen LogP contribution is 2.43. The number of allylic oxidation sites excluding steroid dienone is 2. The van der Waals surface area contributed by atoms with Gasteiger partial charge in [-0.1, -0.05) is 26.0 Å². The molecule has 1 N–H and O–H groups in total. The van der Waals surface area contributed by atoms with Gasteiger partial charge < -0.3 is 10.0 Å². The monoisotopic (exact) mass is 317 g/mol. The second kappa shape index (κ2) is 6.48. The summed E-state index contributed by atoms with van der Waals surface area (Å²) in [5, 5.41) is 13.8. The summed E-state index contributed by atoms with van der Waals surface area (Å²) >= 11 is 0. The lowest BCUT2D eigenvalue weighted by Gasteiger charge is -2.28. The number of aryl methyl sites for hydroxylation is 1. The zero-order chi connectivity index (χ0) is 16.6. The van der Waals surface area contributed by atoms with Gasteiger partial charge in [0.2, 0.25) is 0 Å². The lowest BCUT2D eigenvalue weighted by molar-refractivity contribution is 0.0670. The van der Waals surface area contributed by atoms with Crippen molar-refractivity contribution in [1.82, 2.24) is 14.7 Å². The molecule has 2 aliphatic rings. The van der Waals surface area contributed by atoms with Crippen molar-refractivity contribution in [3.63, 3.8) is 0 Å². The fourth-order valence-corrected chi connectivity index (χ4v) is 3.92. The highest BCUT2D eigenvalue weighted by molar-refractivity contribution is 5.92. The minimum Gasteiger partial charge on any atom is -0.395 e. The predicted molar refractivity (Wildman–Crippen MR) is 89.1 cm³/mol. The smallest absolute Gasteiger partial charge is 0.272 e. The summed E-state index contributed by atoms with van der Waals surface area (Å²) in [7, 11) is 1.82. The summed E-state index contributed by atoms with van der Waals surface area (Å²) in [6, 6.07) is 1.89. The Labute approximate surface area is 138 Å². The number of fused-ring (bicyclic) bond motifs is 2. The number of hydrogen-bond acceptors (Lipinski definition) is 3. The van der Waals surface area contributed by atoms with E-state index in [1.807, 2.05) is 13.1 Å². The lowest BCUT2D eigenvalue weighted by Crippen LogP contribution is -2.39. The first-order chi connectivity index (χ1) is 11.0. The van der Waals surface area contributed by atoms with Gasteiger partial charge in [-0.2, -0.15) is 5.10 Å². The normalized spacial score (nSPS) is 25.5. The zero-order valence-electron chi connectivity index (χ0n) is 14.3. The third-order valence-electron chi connectivity index (χ3n) is 5.24. The van der Waals surface area contributed by atoms with Crippen molar-refractivity contribution in [2.75, 3.05) is 19.7 Å². The van der Waals surface area contributed by atoms with Crippen molar-refractivity contribution < 1.29 is 9.90 Å². The average Bonchev–Trinajstić information content (AvgIpc) is 3.21. The van der Waals surface area contributed by atoms with E-state index < -0.39 is 0 Å². The summed E-state index contributed by atoms with van der Waals surface area (Å²) < 4.78 is 1.67. The Kier molecular flexibility index (Phi) is 4.57. The summed E-state index contributed by atoms with van der Waals surface area (Å²) in [6.45, 7) is 5.26. The van der Waals surface area contributed by atoms with E-state index in [1.54, 1.807) is 9.58 Å². The number of aliphatic hydroxyl groups is 1. The number of amides is 1. The Bertz CT molecular complexity index is 605. The van der Waals surface area contributed by atoms with E-state index in [-0.39, 0.29) is 12.5 Å². The molecule has 23 heavy (non-hydrogen) atoms. The van der Waals surface area contributed by atoms with Crippen LogP contribution in [0.4, 0.5) is 0 Å². The van der Waals surface area contributed by atoms with Gasteiger partial charge in [-0.15, -0.1) is 0 Å². The van der Waals surface area contributed by atoms with Crippen LogP contribution in [0, 0.1) is 17.8 Å². The molecular weight excluding hydrogens is 290 g/mol. The Hall–Kier alpha value is -1.62. The van der Waals surface area contributed by atoms with Gasteiger partial charge in [-0.05, 0) is 42.6 Å². The largest absolute Gasteiger partial charge is 0.395 e. The van der Waals surface area contributed by atoms with Gasteiger partial charge in [0.25, 0.3) is 5.91 Å². The molecule has 0 saturated heterocycles. The van der Waals surface area contributed by atoms with Crippen LogP contribution in [0.25, 0.3) is 0 Å². The van der Waals surface area contributed by atoms with E-state index in [2.05, 4.69) is 31.1 Å². The predicted octanol–water partition coefficient (Wildman–Crippen LogP) is 2.19. The van der Waals surface area contributed by atoms with Gasteiger partial charge in [-0.3, -0.25) is 9.48 Å². The molecule has 0 aromatic carbocycles. The number of aromatic nitrogens is 2. The second-order valence-corrected chi connectivity index (χ2v) is 7.25. The first-order valence-electron chi connectivity index (χ1n) is 8.62. The van der Waals surface area contributed by atoms with E-state index in [1.165, 1.54) is 12.8 Å². The average molecular weight is 317 g/mol. The molecule has 1 saturated carbocycles. The number of rotatable bonds is 6. The number of carbonyl (C=O) groups is 1. The Morgan fingerprint density at radius 2 is 2.22 bits per heavy atom. The third kappa shape index (κ3) is 3.20. The Morgan fingerprint density at radius 3 is 2.74 bits per heavy atom. The summed E-state index contributed by atoms with van der Waals surface area (Å²) in [5.41, 5.74) is 1.54. The third-order valence-corrected chi connectivity index (χ3v) is 5.24. The van der Waals surface area contributed by atoms with Crippen LogP contribution in [-0.2, 0) is 7.05 Å². The summed E-state index contributed by atoms with van der Waals surface area (Å²) in [5.74, 6) is 2.10. The van der Waals surface area contributed by atoms with Crippen molar-refractivity contribution in [3.05, 3.63) is 29.6 Å². The fourth-order valence-electron chi connectivity index (χ4n) is 3.92. The molecular formula is C18H27N3O2. The topological polar surface area (TPSA) is 58.4 Å². The molecule has 0 radical (unpaired) electrons. The van der Waals surface area contributed by atoms with E-state index in [4.69, 9.17) is 0 Å².